The molecule has 6 nitrogen and oxygen atoms in total. The van der Waals surface area contributed by atoms with Gasteiger partial charge in [-0.1, -0.05) is 29.5 Å². The van der Waals surface area contributed by atoms with E-state index in [4.69, 9.17) is 0 Å². The van der Waals surface area contributed by atoms with Gasteiger partial charge in [0.05, 0.1) is 16.1 Å². The Morgan fingerprint density at radius 3 is 2.92 bits per heavy atom. The molecule has 0 atom stereocenters. The van der Waals surface area contributed by atoms with Gasteiger partial charge in [0, 0.05) is 12.7 Å². The van der Waals surface area contributed by atoms with Gasteiger partial charge >= 0.3 is 0 Å². The average Bonchev–Trinajstić information content (AvgIpc) is 3.31. The lowest BCUT2D eigenvalue weighted by molar-refractivity contribution is -0.121. The number of nitrogens with one attached hydrogen (secondary N) is 1. The van der Waals surface area contributed by atoms with Crippen LogP contribution in [0.1, 0.15) is 5.56 Å². The van der Waals surface area contributed by atoms with Gasteiger partial charge in [-0.3, -0.25) is 9.78 Å². The first-order valence-electron chi connectivity index (χ1n) is 7.84. The van der Waals surface area contributed by atoms with Crippen LogP contribution in [0.5, 0.6) is 0 Å². The quantitative estimate of drug-likeness (QED) is 0.601. The molecular weight excluding hydrogens is 334 g/mol. The maximum absolute atomic E-state index is 12.3. The van der Waals surface area contributed by atoms with Crippen molar-refractivity contribution in [2.75, 3.05) is 0 Å². The lowest BCUT2D eigenvalue weighted by atomic mass is 10.1. The van der Waals surface area contributed by atoms with E-state index in [-0.39, 0.29) is 12.5 Å². The lowest BCUT2D eigenvalue weighted by Crippen LogP contribution is -2.27. The number of carbonyl (C=O) groups is 1. The summed E-state index contributed by atoms with van der Waals surface area (Å²) in [4.78, 5) is 17.8. The molecule has 0 radical (unpaired) electrons. The van der Waals surface area contributed by atoms with Crippen LogP contribution >= 0.6 is 11.3 Å². The van der Waals surface area contributed by atoms with Crippen molar-refractivity contribution in [3.8, 4) is 10.6 Å². The number of aromatic nitrogens is 4. The Morgan fingerprint density at radius 2 is 2.04 bits per heavy atom. The number of hydrogen-bond donors (Lipinski definition) is 1. The van der Waals surface area contributed by atoms with Crippen molar-refractivity contribution in [1.82, 2.24) is 25.3 Å². The molecule has 1 aromatic carbocycles. The Morgan fingerprint density at radius 1 is 1.12 bits per heavy atom. The van der Waals surface area contributed by atoms with Crippen LogP contribution in [0.25, 0.3) is 21.6 Å². The van der Waals surface area contributed by atoms with Crippen molar-refractivity contribution in [2.45, 2.75) is 13.1 Å². The molecule has 4 aromatic rings. The second-order valence-corrected chi connectivity index (χ2v) is 6.45. The zero-order valence-corrected chi connectivity index (χ0v) is 14.1. The van der Waals surface area contributed by atoms with E-state index in [1.165, 1.54) is 0 Å². The summed E-state index contributed by atoms with van der Waals surface area (Å²) in [6.45, 7) is 0.557. The zero-order chi connectivity index (χ0) is 17.1. The number of thiophene rings is 1. The molecule has 124 valence electrons. The van der Waals surface area contributed by atoms with E-state index in [9.17, 15) is 4.79 Å². The number of nitrogens with zero attached hydrogens (tertiary/aromatic N) is 4. The van der Waals surface area contributed by atoms with Crippen LogP contribution in [0.2, 0.25) is 0 Å². The molecular formula is C18H15N5OS. The minimum Gasteiger partial charge on any atom is -0.350 e. The summed E-state index contributed by atoms with van der Waals surface area (Å²) >= 11 is 1.63. The number of fused-ring (bicyclic) bond motifs is 1. The largest absolute Gasteiger partial charge is 0.350 e. The Kier molecular flexibility index (Phi) is 4.22. The van der Waals surface area contributed by atoms with Crippen LogP contribution in [0.4, 0.5) is 0 Å². The standard InChI is InChI=1S/C18H15N5OS/c24-17(12-23-15-7-2-1-6-14(15)21-22-23)20-11-13-5-3-9-19-18(13)16-8-4-10-25-16/h1-10H,11-12H2,(H,20,24). The summed E-state index contributed by atoms with van der Waals surface area (Å²) in [7, 11) is 0. The van der Waals surface area contributed by atoms with Crippen LogP contribution in [0.3, 0.4) is 0 Å². The molecule has 0 aliphatic carbocycles. The minimum atomic E-state index is -0.114. The molecule has 0 aliphatic heterocycles. The first-order chi connectivity index (χ1) is 12.3. The van der Waals surface area contributed by atoms with E-state index in [1.54, 1.807) is 22.2 Å². The number of benzene rings is 1. The summed E-state index contributed by atoms with van der Waals surface area (Å²) in [6.07, 6.45) is 1.77. The molecule has 3 aromatic heterocycles. The van der Waals surface area contributed by atoms with E-state index >= 15 is 0 Å². The van der Waals surface area contributed by atoms with Gasteiger partial charge in [-0.15, -0.1) is 16.4 Å². The van der Waals surface area contributed by atoms with Gasteiger partial charge in [0.1, 0.15) is 12.1 Å². The van der Waals surface area contributed by atoms with E-state index in [1.807, 2.05) is 53.9 Å². The van der Waals surface area contributed by atoms with E-state index in [0.29, 0.717) is 6.54 Å². The fourth-order valence-electron chi connectivity index (χ4n) is 2.64. The summed E-state index contributed by atoms with van der Waals surface area (Å²) in [5.41, 5.74) is 3.52. The Balaban J connectivity index is 1.46. The van der Waals surface area contributed by atoms with E-state index in [2.05, 4.69) is 20.6 Å². The second kappa shape index (κ2) is 6.82. The van der Waals surface area contributed by atoms with Crippen molar-refractivity contribution < 1.29 is 4.79 Å². The van der Waals surface area contributed by atoms with Gasteiger partial charge in [0.2, 0.25) is 5.91 Å². The SMILES string of the molecule is O=C(Cn1nnc2ccccc21)NCc1cccnc1-c1cccs1. The van der Waals surface area contributed by atoms with Gasteiger partial charge < -0.3 is 5.32 Å². The molecule has 0 saturated carbocycles. The Hall–Kier alpha value is -3.06. The van der Waals surface area contributed by atoms with Crippen molar-refractivity contribution in [2.24, 2.45) is 0 Å². The van der Waals surface area contributed by atoms with E-state index < -0.39 is 0 Å². The molecule has 0 bridgehead atoms. The third-order valence-electron chi connectivity index (χ3n) is 3.84. The van der Waals surface area contributed by atoms with Gasteiger partial charge in [0.25, 0.3) is 0 Å². The predicted octanol–water partition coefficient (Wildman–Crippen LogP) is 2.87. The molecule has 1 N–H and O–H groups in total. The first kappa shape index (κ1) is 15.5. The van der Waals surface area contributed by atoms with Crippen molar-refractivity contribution in [1.29, 1.82) is 0 Å². The highest BCUT2D eigenvalue weighted by Gasteiger charge is 2.11. The summed E-state index contributed by atoms with van der Waals surface area (Å²) in [6, 6.07) is 15.5. The number of rotatable bonds is 5. The first-order valence-corrected chi connectivity index (χ1v) is 8.72. The smallest absolute Gasteiger partial charge is 0.242 e. The molecule has 1 amide bonds. The molecule has 25 heavy (non-hydrogen) atoms. The number of pyridine rings is 1. The second-order valence-electron chi connectivity index (χ2n) is 5.50. The molecule has 0 spiro atoms. The molecule has 3 heterocycles. The molecule has 0 fully saturated rings. The van der Waals surface area contributed by atoms with Gasteiger partial charge in [-0.2, -0.15) is 0 Å². The maximum Gasteiger partial charge on any atom is 0.242 e. The fraction of sp³-hybridized carbons (Fsp3) is 0.111. The highest BCUT2D eigenvalue weighted by atomic mass is 32.1. The molecule has 7 heteroatoms. The normalized spacial score (nSPS) is 10.9. The van der Waals surface area contributed by atoms with Crippen LogP contribution in [-0.4, -0.2) is 25.9 Å². The fourth-order valence-corrected chi connectivity index (χ4v) is 3.39. The monoisotopic (exact) mass is 349 g/mol. The molecule has 0 aliphatic rings. The van der Waals surface area contributed by atoms with Gasteiger partial charge in [-0.25, -0.2) is 4.68 Å². The Bertz CT molecular complexity index is 1010. The highest BCUT2D eigenvalue weighted by molar-refractivity contribution is 7.13. The molecule has 0 unspecified atom stereocenters. The third kappa shape index (κ3) is 3.27. The Labute approximate surface area is 148 Å². The average molecular weight is 349 g/mol. The molecule has 0 saturated heterocycles. The topological polar surface area (TPSA) is 72.7 Å². The van der Waals surface area contributed by atoms with Gasteiger partial charge in [0.15, 0.2) is 0 Å². The van der Waals surface area contributed by atoms with Crippen molar-refractivity contribution >= 4 is 28.3 Å². The number of carbonyl (C=O) groups excluding carboxylic acids is 1. The highest BCUT2D eigenvalue weighted by Crippen LogP contribution is 2.25. The summed E-state index contributed by atoms with van der Waals surface area (Å²) in [5.74, 6) is -0.114. The van der Waals surface area contributed by atoms with E-state index in [0.717, 1.165) is 27.2 Å². The zero-order valence-electron chi connectivity index (χ0n) is 13.3. The van der Waals surface area contributed by atoms with Crippen LogP contribution in [0.15, 0.2) is 60.1 Å². The van der Waals surface area contributed by atoms with Crippen molar-refractivity contribution in [3.63, 3.8) is 0 Å². The third-order valence-corrected chi connectivity index (χ3v) is 4.71. The molecule has 4 rings (SSSR count). The number of para-hydroxylation sites is 1. The number of amides is 1. The van der Waals surface area contributed by atoms with Crippen molar-refractivity contribution in [3.05, 3.63) is 65.7 Å². The number of hydrogen-bond acceptors (Lipinski definition) is 5. The summed E-state index contributed by atoms with van der Waals surface area (Å²) < 4.78 is 1.61. The minimum absolute atomic E-state index is 0.114. The summed E-state index contributed by atoms with van der Waals surface area (Å²) in [5, 5.41) is 13.1. The van der Waals surface area contributed by atoms with Gasteiger partial charge in [-0.05, 0) is 35.2 Å². The van der Waals surface area contributed by atoms with Crippen LogP contribution in [0, 0.1) is 0 Å². The van der Waals surface area contributed by atoms with Crippen LogP contribution in [-0.2, 0) is 17.9 Å². The van der Waals surface area contributed by atoms with Crippen LogP contribution < -0.4 is 5.32 Å². The lowest BCUT2D eigenvalue weighted by Gasteiger charge is -2.09. The maximum atomic E-state index is 12.3. The predicted molar refractivity (Wildman–Crippen MR) is 96.9 cm³/mol.